The van der Waals surface area contributed by atoms with Gasteiger partial charge in [-0.2, -0.15) is 0 Å². The molecule has 0 radical (unpaired) electrons. The summed E-state index contributed by atoms with van der Waals surface area (Å²) >= 11 is 6.20. The standard InChI is InChI=1S/C17H25ClN6.HI/c1-4-5-10-19-17(20-11-14-8-6-7-9-15(14)18)21-12-16-23-22-13(2)24(16)3;/h6-9H,4-5,10-12H2,1-3H3,(H2,19,20,21);1H. The van der Waals surface area contributed by atoms with E-state index < -0.39 is 0 Å². The second-order valence-corrected chi connectivity index (χ2v) is 6.02. The molecule has 2 aromatic rings. The van der Waals surface area contributed by atoms with E-state index in [4.69, 9.17) is 11.6 Å². The van der Waals surface area contributed by atoms with Crippen LogP contribution in [0.4, 0.5) is 0 Å². The number of unbranched alkanes of at least 4 members (excludes halogenated alkanes) is 1. The second kappa shape index (κ2) is 11.3. The maximum absolute atomic E-state index is 6.20. The number of halogens is 2. The number of nitrogens with one attached hydrogen (secondary N) is 2. The minimum atomic E-state index is 0. The molecule has 0 unspecified atom stereocenters. The summed E-state index contributed by atoms with van der Waals surface area (Å²) in [6, 6.07) is 7.76. The molecule has 0 aliphatic carbocycles. The van der Waals surface area contributed by atoms with E-state index in [2.05, 4.69) is 32.7 Å². The summed E-state index contributed by atoms with van der Waals surface area (Å²) in [5, 5.41) is 15.6. The van der Waals surface area contributed by atoms with Crippen molar-refractivity contribution in [3.8, 4) is 0 Å². The number of rotatable bonds is 7. The molecule has 1 heterocycles. The van der Waals surface area contributed by atoms with E-state index in [9.17, 15) is 0 Å². The highest BCUT2D eigenvalue weighted by atomic mass is 127. The van der Waals surface area contributed by atoms with Gasteiger partial charge >= 0.3 is 0 Å². The van der Waals surface area contributed by atoms with E-state index in [1.165, 1.54) is 0 Å². The third-order valence-corrected chi connectivity index (χ3v) is 4.15. The number of nitrogens with zero attached hydrogens (tertiary/aromatic N) is 4. The summed E-state index contributed by atoms with van der Waals surface area (Å²) in [5.74, 6) is 2.51. The van der Waals surface area contributed by atoms with Crippen molar-refractivity contribution in [2.24, 2.45) is 12.0 Å². The Morgan fingerprint density at radius 2 is 2.00 bits per heavy atom. The van der Waals surface area contributed by atoms with Gasteiger partial charge in [0.15, 0.2) is 11.8 Å². The molecule has 0 saturated carbocycles. The van der Waals surface area contributed by atoms with E-state index in [0.29, 0.717) is 13.1 Å². The monoisotopic (exact) mass is 476 g/mol. The minimum absolute atomic E-state index is 0. The van der Waals surface area contributed by atoms with E-state index >= 15 is 0 Å². The van der Waals surface area contributed by atoms with Gasteiger partial charge in [-0.25, -0.2) is 4.99 Å². The summed E-state index contributed by atoms with van der Waals surface area (Å²) in [7, 11) is 1.96. The van der Waals surface area contributed by atoms with Crippen molar-refractivity contribution in [3.05, 3.63) is 46.5 Å². The third kappa shape index (κ3) is 6.81. The molecule has 0 bridgehead atoms. The number of hydrogen-bond donors (Lipinski definition) is 2. The van der Waals surface area contributed by atoms with E-state index in [1.54, 1.807) is 0 Å². The number of aromatic nitrogens is 3. The molecular formula is C17H26ClIN6. The quantitative estimate of drug-likeness (QED) is 0.278. The lowest BCUT2D eigenvalue weighted by molar-refractivity contribution is 0.695. The number of aryl methyl sites for hydroxylation is 1. The normalized spacial score (nSPS) is 11.1. The summed E-state index contributed by atoms with van der Waals surface area (Å²) < 4.78 is 1.96. The van der Waals surface area contributed by atoms with Gasteiger partial charge in [-0.05, 0) is 25.0 Å². The average molecular weight is 477 g/mol. The molecule has 2 rings (SSSR count). The second-order valence-electron chi connectivity index (χ2n) is 5.61. The zero-order valence-electron chi connectivity index (χ0n) is 14.9. The molecule has 8 heteroatoms. The lowest BCUT2D eigenvalue weighted by Crippen LogP contribution is -2.38. The van der Waals surface area contributed by atoms with Crippen LogP contribution < -0.4 is 10.6 Å². The molecule has 0 fully saturated rings. The van der Waals surface area contributed by atoms with Gasteiger partial charge in [0.25, 0.3) is 0 Å². The topological polar surface area (TPSA) is 67.1 Å². The number of hydrogen-bond acceptors (Lipinski definition) is 3. The first-order valence-corrected chi connectivity index (χ1v) is 8.60. The Morgan fingerprint density at radius 1 is 1.24 bits per heavy atom. The van der Waals surface area contributed by atoms with Gasteiger partial charge in [0.05, 0.1) is 13.1 Å². The Kier molecular flexibility index (Phi) is 9.81. The van der Waals surface area contributed by atoms with Gasteiger partial charge in [-0.1, -0.05) is 43.1 Å². The summed E-state index contributed by atoms with van der Waals surface area (Å²) in [6.45, 7) is 6.07. The van der Waals surface area contributed by atoms with Crippen LogP contribution in [0.5, 0.6) is 0 Å². The molecule has 1 aromatic carbocycles. The van der Waals surface area contributed by atoms with Crippen molar-refractivity contribution in [2.45, 2.75) is 39.8 Å². The average Bonchev–Trinajstić information content (AvgIpc) is 2.90. The highest BCUT2D eigenvalue weighted by molar-refractivity contribution is 14.0. The van der Waals surface area contributed by atoms with Gasteiger partial charge in [-0.3, -0.25) is 0 Å². The molecule has 0 amide bonds. The van der Waals surface area contributed by atoms with Crippen molar-refractivity contribution in [1.29, 1.82) is 0 Å². The fourth-order valence-corrected chi connectivity index (χ4v) is 2.31. The Morgan fingerprint density at radius 3 is 2.64 bits per heavy atom. The summed E-state index contributed by atoms with van der Waals surface area (Å²) in [5.41, 5.74) is 1.00. The van der Waals surface area contributed by atoms with Gasteiger partial charge in [0, 0.05) is 18.6 Å². The summed E-state index contributed by atoms with van der Waals surface area (Å²) in [4.78, 5) is 4.63. The molecule has 1 aromatic heterocycles. The smallest absolute Gasteiger partial charge is 0.191 e. The van der Waals surface area contributed by atoms with Crippen LogP contribution in [0.2, 0.25) is 5.02 Å². The highest BCUT2D eigenvalue weighted by Crippen LogP contribution is 2.15. The molecule has 0 aliphatic heterocycles. The minimum Gasteiger partial charge on any atom is -0.356 e. The summed E-state index contributed by atoms with van der Waals surface area (Å²) in [6.07, 6.45) is 2.23. The zero-order chi connectivity index (χ0) is 17.4. The van der Waals surface area contributed by atoms with Crippen molar-refractivity contribution in [1.82, 2.24) is 25.4 Å². The van der Waals surface area contributed by atoms with Crippen LogP contribution in [0.15, 0.2) is 29.3 Å². The van der Waals surface area contributed by atoms with Crippen molar-refractivity contribution >= 4 is 41.5 Å². The Bertz CT molecular complexity index is 686. The SMILES string of the molecule is CCCCNC(=NCc1ccccc1Cl)NCc1nnc(C)n1C.I. The van der Waals surface area contributed by atoms with E-state index in [-0.39, 0.29) is 24.0 Å². The molecule has 25 heavy (non-hydrogen) atoms. The molecule has 2 N–H and O–H groups in total. The molecule has 6 nitrogen and oxygen atoms in total. The van der Waals surface area contributed by atoms with Gasteiger partial charge in [0.2, 0.25) is 0 Å². The number of benzene rings is 1. The van der Waals surface area contributed by atoms with Crippen LogP contribution in [-0.2, 0) is 20.1 Å². The number of aliphatic imine (C=N–C) groups is 1. The van der Waals surface area contributed by atoms with Crippen LogP contribution in [0.1, 0.15) is 37.0 Å². The predicted molar refractivity (Wildman–Crippen MR) is 113 cm³/mol. The molecule has 138 valence electrons. The highest BCUT2D eigenvalue weighted by Gasteiger charge is 2.06. The van der Waals surface area contributed by atoms with Crippen LogP contribution in [0.3, 0.4) is 0 Å². The first kappa shape index (κ1) is 21.7. The van der Waals surface area contributed by atoms with Crippen LogP contribution in [-0.4, -0.2) is 27.3 Å². The van der Waals surface area contributed by atoms with Gasteiger partial charge < -0.3 is 15.2 Å². The maximum Gasteiger partial charge on any atom is 0.191 e. The maximum atomic E-state index is 6.20. The fourth-order valence-electron chi connectivity index (χ4n) is 2.12. The molecule has 0 aliphatic rings. The Labute approximate surface area is 171 Å². The lowest BCUT2D eigenvalue weighted by Gasteiger charge is -2.12. The van der Waals surface area contributed by atoms with Crippen LogP contribution in [0.25, 0.3) is 0 Å². The van der Waals surface area contributed by atoms with Crippen LogP contribution in [0, 0.1) is 6.92 Å². The first-order chi connectivity index (χ1) is 11.6. The van der Waals surface area contributed by atoms with Gasteiger partial charge in [-0.15, -0.1) is 34.2 Å². The van der Waals surface area contributed by atoms with Crippen molar-refractivity contribution in [2.75, 3.05) is 6.54 Å². The third-order valence-electron chi connectivity index (χ3n) is 3.78. The predicted octanol–water partition coefficient (Wildman–Crippen LogP) is 3.43. The molecular weight excluding hydrogens is 451 g/mol. The largest absolute Gasteiger partial charge is 0.356 e. The number of guanidine groups is 1. The molecule has 0 saturated heterocycles. The fraction of sp³-hybridized carbons (Fsp3) is 0.471. The first-order valence-electron chi connectivity index (χ1n) is 8.22. The van der Waals surface area contributed by atoms with Crippen molar-refractivity contribution in [3.63, 3.8) is 0 Å². The Hall–Kier alpha value is -1.35. The zero-order valence-corrected chi connectivity index (χ0v) is 18.0. The van der Waals surface area contributed by atoms with E-state index in [1.807, 2.05) is 42.8 Å². The lowest BCUT2D eigenvalue weighted by atomic mass is 10.2. The molecule has 0 spiro atoms. The van der Waals surface area contributed by atoms with Crippen LogP contribution >= 0.6 is 35.6 Å². The Balaban J connectivity index is 0.00000312. The van der Waals surface area contributed by atoms with Crippen molar-refractivity contribution < 1.29 is 0 Å². The van der Waals surface area contributed by atoms with E-state index in [0.717, 1.165) is 47.6 Å². The van der Waals surface area contributed by atoms with Gasteiger partial charge in [0.1, 0.15) is 5.82 Å². The molecule has 0 atom stereocenters.